The number of ketones is 1. The summed E-state index contributed by atoms with van der Waals surface area (Å²) in [6.45, 7) is 3.93. The van der Waals surface area contributed by atoms with Crippen LogP contribution in [0.4, 0.5) is 0 Å². The molecule has 0 aromatic carbocycles. The summed E-state index contributed by atoms with van der Waals surface area (Å²) in [4.78, 5) is 48.0. The van der Waals surface area contributed by atoms with E-state index in [1.54, 1.807) is 13.8 Å². The number of amides is 2. The van der Waals surface area contributed by atoms with Crippen molar-refractivity contribution in [2.75, 3.05) is 19.0 Å². The van der Waals surface area contributed by atoms with Gasteiger partial charge in [0.2, 0.25) is 5.91 Å². The van der Waals surface area contributed by atoms with Gasteiger partial charge in [0.1, 0.15) is 11.8 Å². The third-order valence-electron chi connectivity index (χ3n) is 4.35. The Morgan fingerprint density at radius 2 is 1.79 bits per heavy atom. The molecule has 0 aromatic heterocycles. The first-order chi connectivity index (χ1) is 13.2. The third-order valence-corrected chi connectivity index (χ3v) is 4.52. The maximum atomic E-state index is 12.5. The zero-order chi connectivity index (χ0) is 21.7. The molecule has 28 heavy (non-hydrogen) atoms. The van der Waals surface area contributed by atoms with Crippen LogP contribution in [0.25, 0.3) is 0 Å². The van der Waals surface area contributed by atoms with Gasteiger partial charge in [-0.3, -0.25) is 14.4 Å². The first kappa shape index (κ1) is 26.4. The lowest BCUT2D eigenvalue weighted by Gasteiger charge is -2.24. The van der Waals surface area contributed by atoms with E-state index < -0.39 is 29.9 Å². The Labute approximate surface area is 170 Å². The van der Waals surface area contributed by atoms with Crippen LogP contribution >= 0.6 is 11.6 Å². The van der Waals surface area contributed by atoms with Gasteiger partial charge in [0.05, 0.1) is 23.9 Å². The zero-order valence-electron chi connectivity index (χ0n) is 16.6. The number of unbranched alkanes of at least 4 members (excludes halogenated alkanes) is 1. The Morgan fingerprint density at radius 3 is 2.29 bits per heavy atom. The van der Waals surface area contributed by atoms with Crippen LogP contribution in [0.3, 0.4) is 0 Å². The Kier molecular flexibility index (Phi) is 13.6. The largest absolute Gasteiger partial charge is 0.343 e. The molecule has 0 aliphatic heterocycles. The summed E-state index contributed by atoms with van der Waals surface area (Å²) in [5.41, 5.74) is 17.1. The normalized spacial score (nSPS) is 14.2. The summed E-state index contributed by atoms with van der Waals surface area (Å²) in [7, 11) is 0. The standard InChI is InChI=1S/C17H33ClN6O4/c1-11(2)15(21)16(26)22-13(17(27)24(23-28)10-8-18)6-7-14(25)12(20)5-3-4-9-19/h11-13,15H,3-10,19-21H2,1-2H3,(H,22,26)/t12-,13?,15-/m0/s1. The quantitative estimate of drug-likeness (QED) is 0.125. The molecule has 0 aliphatic carbocycles. The van der Waals surface area contributed by atoms with Crippen molar-refractivity contribution in [2.24, 2.45) is 28.4 Å². The highest BCUT2D eigenvalue weighted by Crippen LogP contribution is 2.10. The topological polar surface area (TPSA) is 174 Å². The van der Waals surface area contributed by atoms with Crippen molar-refractivity contribution in [3.8, 4) is 0 Å². The number of nitrogens with one attached hydrogen (secondary N) is 1. The van der Waals surface area contributed by atoms with Crippen molar-refractivity contribution in [2.45, 2.75) is 64.1 Å². The first-order valence-electron chi connectivity index (χ1n) is 9.44. The molecule has 10 nitrogen and oxygen atoms in total. The minimum atomic E-state index is -1.13. The van der Waals surface area contributed by atoms with Crippen LogP contribution in [0.15, 0.2) is 5.29 Å². The second-order valence-electron chi connectivity index (χ2n) is 6.96. The van der Waals surface area contributed by atoms with Crippen molar-refractivity contribution >= 4 is 29.2 Å². The van der Waals surface area contributed by atoms with Gasteiger partial charge < -0.3 is 22.5 Å². The van der Waals surface area contributed by atoms with Crippen LogP contribution in [-0.4, -0.2) is 59.7 Å². The van der Waals surface area contributed by atoms with Gasteiger partial charge in [-0.05, 0) is 31.7 Å². The highest BCUT2D eigenvalue weighted by molar-refractivity contribution is 6.18. The van der Waals surface area contributed by atoms with E-state index in [-0.39, 0.29) is 37.0 Å². The van der Waals surface area contributed by atoms with E-state index in [1.807, 2.05) is 0 Å². The average Bonchev–Trinajstić information content (AvgIpc) is 2.67. The van der Waals surface area contributed by atoms with Crippen molar-refractivity contribution in [1.29, 1.82) is 0 Å². The first-order valence-corrected chi connectivity index (χ1v) is 9.97. The maximum Gasteiger partial charge on any atom is 0.267 e. The fraction of sp³-hybridized carbons (Fsp3) is 0.824. The molecule has 0 radical (unpaired) electrons. The average molecular weight is 421 g/mol. The zero-order valence-corrected chi connectivity index (χ0v) is 17.4. The van der Waals surface area contributed by atoms with Crippen LogP contribution in [0.5, 0.6) is 0 Å². The molecule has 3 atom stereocenters. The number of alkyl halides is 1. The number of Topliss-reactive ketones (excluding diaryl/α,β-unsaturated/α-hetero) is 1. The number of carbonyl (C=O) groups is 3. The SMILES string of the molecule is CC(C)[C@H](N)C(=O)NC(CCC(=O)[C@@H](N)CCCCN)C(=O)N(CCCl)N=O. The Morgan fingerprint density at radius 1 is 1.14 bits per heavy atom. The lowest BCUT2D eigenvalue weighted by atomic mass is 9.99. The van der Waals surface area contributed by atoms with E-state index in [0.29, 0.717) is 18.0 Å². The van der Waals surface area contributed by atoms with Crippen molar-refractivity contribution < 1.29 is 14.4 Å². The number of nitrogens with zero attached hydrogens (tertiary/aromatic N) is 2. The molecule has 0 spiro atoms. The van der Waals surface area contributed by atoms with Gasteiger partial charge in [0.15, 0.2) is 0 Å². The van der Waals surface area contributed by atoms with Gasteiger partial charge in [0.25, 0.3) is 5.91 Å². The molecular weight excluding hydrogens is 388 g/mol. The monoisotopic (exact) mass is 420 g/mol. The molecule has 162 valence electrons. The lowest BCUT2D eigenvalue weighted by Crippen LogP contribution is -2.53. The van der Waals surface area contributed by atoms with Crippen molar-refractivity contribution in [1.82, 2.24) is 10.3 Å². The summed E-state index contributed by atoms with van der Waals surface area (Å²) >= 11 is 5.57. The van der Waals surface area contributed by atoms with E-state index >= 15 is 0 Å². The van der Waals surface area contributed by atoms with Crippen LogP contribution in [-0.2, 0) is 14.4 Å². The van der Waals surface area contributed by atoms with E-state index in [0.717, 1.165) is 12.8 Å². The summed E-state index contributed by atoms with van der Waals surface area (Å²) < 4.78 is 0. The van der Waals surface area contributed by atoms with Crippen LogP contribution in [0, 0.1) is 10.8 Å². The highest BCUT2D eigenvalue weighted by Gasteiger charge is 2.30. The number of rotatable bonds is 15. The van der Waals surface area contributed by atoms with Crippen LogP contribution in [0.1, 0.15) is 46.0 Å². The molecule has 0 saturated heterocycles. The molecular formula is C17H33ClN6O4. The van der Waals surface area contributed by atoms with Crippen LogP contribution in [0.2, 0.25) is 0 Å². The molecule has 0 rings (SSSR count). The fourth-order valence-electron chi connectivity index (χ4n) is 2.42. The number of carbonyl (C=O) groups excluding carboxylic acids is 3. The van der Waals surface area contributed by atoms with Gasteiger partial charge in [-0.25, -0.2) is 0 Å². The van der Waals surface area contributed by atoms with Gasteiger partial charge >= 0.3 is 0 Å². The Bertz CT molecular complexity index is 520. The number of nitrogens with two attached hydrogens (primary N) is 3. The van der Waals surface area contributed by atoms with Crippen LogP contribution < -0.4 is 22.5 Å². The summed E-state index contributed by atoms with van der Waals surface area (Å²) in [6, 6.07) is -2.63. The molecule has 0 heterocycles. The van der Waals surface area contributed by atoms with E-state index in [9.17, 15) is 19.3 Å². The second kappa shape index (κ2) is 14.4. The van der Waals surface area contributed by atoms with Crippen molar-refractivity contribution in [3.63, 3.8) is 0 Å². The summed E-state index contributed by atoms with van der Waals surface area (Å²) in [5, 5.41) is 5.78. The highest BCUT2D eigenvalue weighted by atomic mass is 35.5. The van der Waals surface area contributed by atoms with E-state index in [1.165, 1.54) is 0 Å². The predicted octanol–water partition coefficient (Wildman–Crippen LogP) is 0.00890. The molecule has 7 N–H and O–H groups in total. The third kappa shape index (κ3) is 9.54. The number of halogens is 1. The van der Waals surface area contributed by atoms with Gasteiger partial charge in [-0.1, -0.05) is 20.3 Å². The summed E-state index contributed by atoms with van der Waals surface area (Å²) in [6.07, 6.45) is 1.93. The Hall–Kier alpha value is -1.62. The lowest BCUT2D eigenvalue weighted by molar-refractivity contribution is -0.137. The molecule has 0 bridgehead atoms. The fourth-order valence-corrected chi connectivity index (χ4v) is 2.58. The van der Waals surface area contributed by atoms with Gasteiger partial charge in [0, 0.05) is 12.3 Å². The minimum Gasteiger partial charge on any atom is -0.343 e. The summed E-state index contributed by atoms with van der Waals surface area (Å²) in [5.74, 6) is -1.69. The predicted molar refractivity (Wildman–Crippen MR) is 108 cm³/mol. The number of hydrogen-bond donors (Lipinski definition) is 4. The smallest absolute Gasteiger partial charge is 0.267 e. The maximum absolute atomic E-state index is 12.5. The number of nitroso groups, excluding NO2 is 1. The molecule has 0 aliphatic rings. The molecule has 0 fully saturated rings. The minimum absolute atomic E-state index is 0.00536. The van der Waals surface area contributed by atoms with Gasteiger partial charge in [-0.2, -0.15) is 5.01 Å². The molecule has 0 saturated carbocycles. The second-order valence-corrected chi connectivity index (χ2v) is 7.34. The van der Waals surface area contributed by atoms with E-state index in [2.05, 4.69) is 10.6 Å². The van der Waals surface area contributed by atoms with E-state index in [4.69, 9.17) is 28.8 Å². The van der Waals surface area contributed by atoms with Crippen molar-refractivity contribution in [3.05, 3.63) is 4.91 Å². The number of hydrogen-bond acceptors (Lipinski definition) is 8. The molecule has 1 unspecified atom stereocenters. The molecule has 0 aromatic rings. The molecule has 2 amide bonds. The van der Waals surface area contributed by atoms with Gasteiger partial charge in [-0.15, -0.1) is 16.5 Å². The Balaban J connectivity index is 5.07. The molecule has 11 heteroatoms.